The largest absolute Gasteiger partial charge is 0.379 e. The van der Waals surface area contributed by atoms with Crippen LogP contribution in [-0.4, -0.2) is 64.3 Å². The third-order valence-electron chi connectivity index (χ3n) is 3.74. The number of rotatable bonds is 7. The topological polar surface area (TPSA) is 83.0 Å². The highest BCUT2D eigenvalue weighted by Gasteiger charge is 2.23. The van der Waals surface area contributed by atoms with E-state index in [2.05, 4.69) is 34.7 Å². The molecule has 1 saturated heterocycles. The van der Waals surface area contributed by atoms with Crippen molar-refractivity contribution in [3.05, 3.63) is 21.9 Å². The van der Waals surface area contributed by atoms with Gasteiger partial charge in [0.25, 0.3) is 0 Å². The standard InChI is InChI=1S/C15H26N4O3S2.HI/c1-3-13-4-5-14(23-13)12-18-15(16-2)17-6-11-24(20,21)19-7-9-22-10-8-19;/h4-5H,3,6-12H2,1-2H3,(H2,16,17,18);1H. The van der Waals surface area contributed by atoms with Crippen LogP contribution in [0.15, 0.2) is 17.1 Å². The van der Waals surface area contributed by atoms with E-state index < -0.39 is 10.0 Å². The highest BCUT2D eigenvalue weighted by Crippen LogP contribution is 2.16. The first-order chi connectivity index (χ1) is 11.5. The van der Waals surface area contributed by atoms with Gasteiger partial charge in [0.05, 0.1) is 25.5 Å². The molecule has 1 aromatic rings. The van der Waals surface area contributed by atoms with Crippen molar-refractivity contribution in [1.29, 1.82) is 0 Å². The van der Waals surface area contributed by atoms with E-state index in [-0.39, 0.29) is 29.7 Å². The summed E-state index contributed by atoms with van der Waals surface area (Å²) in [5.41, 5.74) is 0. The molecule has 1 aliphatic heterocycles. The number of hydrogen-bond acceptors (Lipinski definition) is 5. The molecule has 7 nitrogen and oxygen atoms in total. The first-order valence-electron chi connectivity index (χ1n) is 8.13. The Kier molecular flexibility index (Phi) is 10.2. The average Bonchev–Trinajstić information content (AvgIpc) is 3.06. The number of nitrogens with one attached hydrogen (secondary N) is 2. The fourth-order valence-electron chi connectivity index (χ4n) is 2.35. The van der Waals surface area contributed by atoms with Gasteiger partial charge in [-0.15, -0.1) is 35.3 Å². The zero-order chi connectivity index (χ0) is 17.4. The lowest BCUT2D eigenvalue weighted by Gasteiger charge is -2.26. The summed E-state index contributed by atoms with van der Waals surface area (Å²) in [5.74, 6) is 0.658. The average molecular weight is 502 g/mol. The molecule has 10 heteroatoms. The SMILES string of the molecule is CCc1ccc(CNC(=NC)NCCS(=O)(=O)N2CCOCC2)s1.I. The summed E-state index contributed by atoms with van der Waals surface area (Å²) >= 11 is 1.77. The molecule has 1 aromatic heterocycles. The lowest BCUT2D eigenvalue weighted by atomic mass is 10.4. The van der Waals surface area contributed by atoms with E-state index in [1.54, 1.807) is 18.4 Å². The van der Waals surface area contributed by atoms with Crippen LogP contribution in [0, 0.1) is 0 Å². The van der Waals surface area contributed by atoms with Crippen molar-refractivity contribution in [1.82, 2.24) is 14.9 Å². The second-order valence-corrected chi connectivity index (χ2v) is 8.74. The van der Waals surface area contributed by atoms with E-state index in [1.807, 2.05) is 0 Å². The molecule has 25 heavy (non-hydrogen) atoms. The van der Waals surface area contributed by atoms with Crippen LogP contribution >= 0.6 is 35.3 Å². The molecule has 0 atom stereocenters. The Morgan fingerprint density at radius 2 is 1.96 bits per heavy atom. The minimum Gasteiger partial charge on any atom is -0.379 e. The van der Waals surface area contributed by atoms with Crippen LogP contribution in [0.5, 0.6) is 0 Å². The van der Waals surface area contributed by atoms with Gasteiger partial charge in [-0.05, 0) is 18.6 Å². The van der Waals surface area contributed by atoms with Crippen LogP contribution in [0.4, 0.5) is 0 Å². The van der Waals surface area contributed by atoms with Crippen molar-refractivity contribution in [3.63, 3.8) is 0 Å². The van der Waals surface area contributed by atoms with E-state index in [4.69, 9.17) is 4.74 Å². The third-order valence-corrected chi connectivity index (χ3v) is 6.84. The van der Waals surface area contributed by atoms with E-state index in [9.17, 15) is 8.42 Å². The summed E-state index contributed by atoms with van der Waals surface area (Å²) in [6, 6.07) is 4.24. The van der Waals surface area contributed by atoms with Gasteiger partial charge in [-0.3, -0.25) is 4.99 Å². The molecule has 2 N–H and O–H groups in total. The van der Waals surface area contributed by atoms with Crippen molar-refractivity contribution in [2.75, 3.05) is 45.6 Å². The molecule has 0 spiro atoms. The molecule has 2 rings (SSSR count). The highest BCUT2D eigenvalue weighted by atomic mass is 127. The highest BCUT2D eigenvalue weighted by molar-refractivity contribution is 14.0. The fraction of sp³-hybridized carbons (Fsp3) is 0.667. The first-order valence-corrected chi connectivity index (χ1v) is 10.6. The lowest BCUT2D eigenvalue weighted by molar-refractivity contribution is 0.0730. The predicted octanol–water partition coefficient (Wildman–Crippen LogP) is 1.26. The van der Waals surface area contributed by atoms with Crippen LogP contribution in [0.3, 0.4) is 0 Å². The Morgan fingerprint density at radius 1 is 1.28 bits per heavy atom. The van der Waals surface area contributed by atoms with Crippen LogP contribution in [0.1, 0.15) is 16.7 Å². The van der Waals surface area contributed by atoms with Crippen molar-refractivity contribution in [2.24, 2.45) is 4.99 Å². The molecule has 0 radical (unpaired) electrons. The zero-order valence-electron chi connectivity index (χ0n) is 14.7. The zero-order valence-corrected chi connectivity index (χ0v) is 18.6. The van der Waals surface area contributed by atoms with E-state index in [0.29, 0.717) is 45.4 Å². The van der Waals surface area contributed by atoms with Crippen LogP contribution in [0.25, 0.3) is 0 Å². The quantitative estimate of drug-likeness (QED) is 0.333. The Bertz CT molecular complexity index is 643. The Labute approximate surface area is 171 Å². The minimum atomic E-state index is -3.24. The summed E-state index contributed by atoms with van der Waals surface area (Å²) in [7, 11) is -1.57. The van der Waals surface area contributed by atoms with Gasteiger partial charge in [-0.25, -0.2) is 8.42 Å². The minimum absolute atomic E-state index is 0. The third kappa shape index (κ3) is 7.37. The molecule has 2 heterocycles. The Morgan fingerprint density at radius 3 is 2.56 bits per heavy atom. The molecular formula is C15H27IN4O3S2. The summed E-state index contributed by atoms with van der Waals surface area (Å²) in [6.07, 6.45) is 1.04. The van der Waals surface area contributed by atoms with Gasteiger partial charge in [0.1, 0.15) is 0 Å². The van der Waals surface area contributed by atoms with Gasteiger partial charge in [0.15, 0.2) is 5.96 Å². The second kappa shape index (κ2) is 11.3. The number of aliphatic imine (C=N–C) groups is 1. The van der Waals surface area contributed by atoms with Gasteiger partial charge in [-0.1, -0.05) is 6.92 Å². The summed E-state index contributed by atoms with van der Waals surface area (Å²) in [6.45, 7) is 4.96. The van der Waals surface area contributed by atoms with Crippen LogP contribution in [-0.2, 0) is 27.7 Å². The van der Waals surface area contributed by atoms with Gasteiger partial charge in [0, 0.05) is 36.4 Å². The van der Waals surface area contributed by atoms with Crippen molar-refractivity contribution in [3.8, 4) is 0 Å². The van der Waals surface area contributed by atoms with Crippen molar-refractivity contribution in [2.45, 2.75) is 19.9 Å². The molecule has 0 unspecified atom stereocenters. The van der Waals surface area contributed by atoms with Gasteiger partial charge >= 0.3 is 0 Å². The van der Waals surface area contributed by atoms with Crippen LogP contribution < -0.4 is 10.6 Å². The molecule has 0 bridgehead atoms. The van der Waals surface area contributed by atoms with Crippen molar-refractivity contribution < 1.29 is 13.2 Å². The molecule has 144 valence electrons. The van der Waals surface area contributed by atoms with Gasteiger partial charge in [-0.2, -0.15) is 4.31 Å². The number of aryl methyl sites for hydroxylation is 1. The molecule has 0 aliphatic carbocycles. The maximum absolute atomic E-state index is 12.2. The molecule has 1 aliphatic rings. The molecule has 1 fully saturated rings. The summed E-state index contributed by atoms with van der Waals surface area (Å²) < 4.78 is 31.2. The van der Waals surface area contributed by atoms with E-state index >= 15 is 0 Å². The smallest absolute Gasteiger partial charge is 0.215 e. The van der Waals surface area contributed by atoms with Crippen LogP contribution in [0.2, 0.25) is 0 Å². The maximum atomic E-state index is 12.2. The number of hydrogen-bond donors (Lipinski definition) is 2. The monoisotopic (exact) mass is 502 g/mol. The van der Waals surface area contributed by atoms with Gasteiger partial charge in [0.2, 0.25) is 10.0 Å². The number of ether oxygens (including phenoxy) is 1. The molecule has 0 amide bonds. The van der Waals surface area contributed by atoms with E-state index in [0.717, 1.165) is 6.42 Å². The van der Waals surface area contributed by atoms with Crippen molar-refractivity contribution >= 4 is 51.3 Å². The fourth-order valence-corrected chi connectivity index (χ4v) is 4.57. The summed E-state index contributed by atoms with van der Waals surface area (Å²) in [4.78, 5) is 6.72. The normalized spacial score (nSPS) is 16.3. The lowest BCUT2D eigenvalue weighted by Crippen LogP contribution is -2.45. The first kappa shape index (κ1) is 22.6. The van der Waals surface area contributed by atoms with Gasteiger partial charge < -0.3 is 15.4 Å². The molecule has 0 aromatic carbocycles. The Balaban J connectivity index is 0.00000312. The predicted molar refractivity (Wildman–Crippen MR) is 113 cm³/mol. The maximum Gasteiger partial charge on any atom is 0.215 e. The molecular weight excluding hydrogens is 475 g/mol. The number of halogens is 1. The number of morpholine rings is 1. The number of guanidine groups is 1. The number of thiophene rings is 1. The molecule has 0 saturated carbocycles. The summed E-state index contributed by atoms with van der Waals surface area (Å²) in [5, 5.41) is 6.27. The Hall–Kier alpha value is -0.430. The van der Waals surface area contributed by atoms with E-state index in [1.165, 1.54) is 14.1 Å². The number of nitrogens with zero attached hydrogens (tertiary/aromatic N) is 2. The number of sulfonamides is 1. The second-order valence-electron chi connectivity index (χ2n) is 5.40.